The molecule has 0 aromatic heterocycles. The summed E-state index contributed by atoms with van der Waals surface area (Å²) in [5.41, 5.74) is 5.22. The minimum atomic E-state index is -1.33. The summed E-state index contributed by atoms with van der Waals surface area (Å²) in [6.45, 7) is 0.582. The first-order valence-electron chi connectivity index (χ1n) is 8.82. The van der Waals surface area contributed by atoms with Gasteiger partial charge < -0.3 is 20.9 Å². The molecule has 2 aromatic carbocycles. The maximum absolute atomic E-state index is 14.1. The van der Waals surface area contributed by atoms with Crippen molar-refractivity contribution in [1.82, 2.24) is 5.32 Å². The number of carboxylic acid groups (broad SMARTS) is 1. The van der Waals surface area contributed by atoms with Gasteiger partial charge in [0.2, 0.25) is 0 Å². The Balaban J connectivity index is 0.000000596. The molecule has 4 N–H and O–H groups in total. The zero-order valence-electron chi connectivity index (χ0n) is 15.0. The van der Waals surface area contributed by atoms with Crippen LogP contribution in [0, 0.1) is 11.6 Å². The second-order valence-corrected chi connectivity index (χ2v) is 6.31. The molecule has 7 heteroatoms. The second-order valence-electron chi connectivity index (χ2n) is 6.31. The van der Waals surface area contributed by atoms with Gasteiger partial charge in [0, 0.05) is 23.7 Å². The molecule has 1 aliphatic carbocycles. The number of amides is 1. The fraction of sp³-hybridized carbons (Fsp3) is 0.350. The third-order valence-electron chi connectivity index (χ3n) is 4.31. The van der Waals surface area contributed by atoms with E-state index in [1.807, 2.05) is 6.07 Å². The van der Waals surface area contributed by atoms with Crippen LogP contribution in [0.25, 0.3) is 0 Å². The van der Waals surface area contributed by atoms with Gasteiger partial charge in [0.15, 0.2) is 11.6 Å². The maximum Gasteiger partial charge on any atom is 0.402 e. The van der Waals surface area contributed by atoms with Crippen LogP contribution in [0.1, 0.15) is 36.8 Å². The van der Waals surface area contributed by atoms with E-state index in [0.29, 0.717) is 18.2 Å². The summed E-state index contributed by atoms with van der Waals surface area (Å²) in [6.07, 6.45) is 3.50. The zero-order chi connectivity index (χ0) is 19.6. The van der Waals surface area contributed by atoms with Crippen LogP contribution in [0.3, 0.4) is 0 Å². The molecule has 0 atom stereocenters. The van der Waals surface area contributed by atoms with Crippen molar-refractivity contribution in [2.24, 2.45) is 5.73 Å². The third-order valence-corrected chi connectivity index (χ3v) is 4.31. The van der Waals surface area contributed by atoms with Gasteiger partial charge in [-0.1, -0.05) is 43.2 Å². The van der Waals surface area contributed by atoms with E-state index in [2.05, 4.69) is 11.1 Å². The smallest absolute Gasteiger partial charge is 0.402 e. The van der Waals surface area contributed by atoms with Crippen molar-refractivity contribution in [2.45, 2.75) is 44.9 Å². The highest BCUT2D eigenvalue weighted by atomic mass is 19.1. The quantitative estimate of drug-likeness (QED) is 0.703. The van der Waals surface area contributed by atoms with E-state index in [1.54, 1.807) is 24.3 Å². The van der Waals surface area contributed by atoms with Crippen molar-refractivity contribution in [3.63, 3.8) is 0 Å². The molecule has 1 fully saturated rings. The van der Waals surface area contributed by atoms with Crippen molar-refractivity contribution in [3.05, 3.63) is 65.2 Å². The molecule has 0 spiro atoms. The lowest BCUT2D eigenvalue weighted by molar-refractivity contribution is 0.205. The average molecular weight is 378 g/mol. The SMILES string of the molecule is Fc1ccccc1COc1c(F)cccc1CNC1CCCC1.NC(=O)O. The first kappa shape index (κ1) is 20.6. The molecule has 2 aromatic rings. The van der Waals surface area contributed by atoms with E-state index in [1.165, 1.54) is 37.8 Å². The van der Waals surface area contributed by atoms with E-state index in [9.17, 15) is 8.78 Å². The Morgan fingerprint density at radius 3 is 2.33 bits per heavy atom. The van der Waals surface area contributed by atoms with Gasteiger partial charge in [0.1, 0.15) is 12.4 Å². The summed E-state index contributed by atoms with van der Waals surface area (Å²) < 4.78 is 33.4. The number of nitrogens with two attached hydrogens (primary N) is 1. The highest BCUT2D eigenvalue weighted by Crippen LogP contribution is 2.25. The molecule has 1 aliphatic rings. The fourth-order valence-corrected chi connectivity index (χ4v) is 3.00. The Labute approximate surface area is 157 Å². The third kappa shape index (κ3) is 6.86. The van der Waals surface area contributed by atoms with Gasteiger partial charge in [-0.05, 0) is 25.0 Å². The molecular weight excluding hydrogens is 354 g/mol. The van der Waals surface area contributed by atoms with E-state index in [0.717, 1.165) is 5.56 Å². The normalized spacial score (nSPS) is 13.7. The van der Waals surface area contributed by atoms with E-state index in [-0.39, 0.29) is 18.2 Å². The topological polar surface area (TPSA) is 84.6 Å². The number of hydrogen-bond donors (Lipinski definition) is 3. The van der Waals surface area contributed by atoms with Crippen LogP contribution < -0.4 is 15.8 Å². The molecule has 0 unspecified atom stereocenters. The van der Waals surface area contributed by atoms with E-state index in [4.69, 9.17) is 14.6 Å². The number of benzene rings is 2. The number of rotatable bonds is 6. The minimum absolute atomic E-state index is 0.0179. The second kappa shape index (κ2) is 10.5. The number of nitrogens with one attached hydrogen (secondary N) is 1. The number of para-hydroxylation sites is 1. The maximum atomic E-state index is 14.1. The Morgan fingerprint density at radius 1 is 1.07 bits per heavy atom. The van der Waals surface area contributed by atoms with Gasteiger partial charge in [-0.3, -0.25) is 0 Å². The van der Waals surface area contributed by atoms with Crippen molar-refractivity contribution in [1.29, 1.82) is 0 Å². The highest BCUT2D eigenvalue weighted by molar-refractivity contribution is 5.61. The molecule has 3 rings (SSSR count). The summed E-state index contributed by atoms with van der Waals surface area (Å²) in [6, 6.07) is 11.8. The predicted molar refractivity (Wildman–Crippen MR) is 98.4 cm³/mol. The van der Waals surface area contributed by atoms with E-state index >= 15 is 0 Å². The number of halogens is 2. The molecular formula is C20H24F2N2O3. The number of carbonyl (C=O) groups is 1. The van der Waals surface area contributed by atoms with E-state index < -0.39 is 11.9 Å². The lowest BCUT2D eigenvalue weighted by atomic mass is 10.1. The van der Waals surface area contributed by atoms with Crippen LogP contribution in [-0.2, 0) is 13.2 Å². The number of ether oxygens (including phenoxy) is 1. The summed E-state index contributed by atoms with van der Waals surface area (Å²) in [4.78, 5) is 8.78. The van der Waals surface area contributed by atoms with Crippen molar-refractivity contribution in [3.8, 4) is 5.75 Å². The average Bonchev–Trinajstić information content (AvgIpc) is 3.13. The Morgan fingerprint density at radius 2 is 1.67 bits per heavy atom. The number of hydrogen-bond acceptors (Lipinski definition) is 3. The van der Waals surface area contributed by atoms with Gasteiger partial charge in [-0.2, -0.15) is 0 Å². The van der Waals surface area contributed by atoms with Crippen LogP contribution in [0.4, 0.5) is 13.6 Å². The summed E-state index contributed by atoms with van der Waals surface area (Å²) >= 11 is 0. The van der Waals surface area contributed by atoms with Gasteiger partial charge in [-0.15, -0.1) is 0 Å². The van der Waals surface area contributed by atoms with Gasteiger partial charge in [-0.25, -0.2) is 13.6 Å². The first-order valence-corrected chi connectivity index (χ1v) is 8.82. The lowest BCUT2D eigenvalue weighted by Gasteiger charge is -2.16. The minimum Gasteiger partial charge on any atom is -0.485 e. The largest absolute Gasteiger partial charge is 0.485 e. The molecule has 0 saturated heterocycles. The Bertz CT molecular complexity index is 746. The number of primary amides is 1. The molecule has 1 amide bonds. The molecule has 0 radical (unpaired) electrons. The summed E-state index contributed by atoms with van der Waals surface area (Å²) in [5, 5.41) is 10.6. The van der Waals surface area contributed by atoms with Crippen LogP contribution >= 0.6 is 0 Å². The highest BCUT2D eigenvalue weighted by Gasteiger charge is 2.16. The lowest BCUT2D eigenvalue weighted by Crippen LogP contribution is -2.25. The Kier molecular flexibility index (Phi) is 8.00. The Hall–Kier alpha value is -2.67. The molecule has 0 heterocycles. The molecule has 1 saturated carbocycles. The summed E-state index contributed by atoms with van der Waals surface area (Å²) in [5.74, 6) is -0.539. The fourth-order valence-electron chi connectivity index (χ4n) is 3.00. The standard InChI is InChI=1S/C19H21F2NO.CH3NO2/c20-17-10-4-1-6-15(17)13-23-19-14(7-5-11-18(19)21)12-22-16-8-2-3-9-16;2-1(3)4/h1,4-7,10-11,16,22H,2-3,8-9,12-13H2;2H2,(H,3,4). The molecule has 5 nitrogen and oxygen atoms in total. The molecule has 27 heavy (non-hydrogen) atoms. The first-order chi connectivity index (χ1) is 13.0. The molecule has 0 aliphatic heterocycles. The van der Waals surface area contributed by atoms with Crippen LogP contribution in [0.5, 0.6) is 5.75 Å². The molecule has 146 valence electrons. The predicted octanol–water partition coefficient (Wildman–Crippen LogP) is 4.20. The van der Waals surface area contributed by atoms with Crippen LogP contribution in [-0.4, -0.2) is 17.2 Å². The van der Waals surface area contributed by atoms with Gasteiger partial charge in [0.25, 0.3) is 0 Å². The van der Waals surface area contributed by atoms with Crippen molar-refractivity contribution < 1.29 is 23.4 Å². The van der Waals surface area contributed by atoms with Crippen molar-refractivity contribution in [2.75, 3.05) is 0 Å². The van der Waals surface area contributed by atoms with Gasteiger partial charge in [0.05, 0.1) is 0 Å². The molecule has 0 bridgehead atoms. The zero-order valence-corrected chi connectivity index (χ0v) is 15.0. The van der Waals surface area contributed by atoms with Crippen LogP contribution in [0.2, 0.25) is 0 Å². The van der Waals surface area contributed by atoms with Crippen LogP contribution in [0.15, 0.2) is 42.5 Å². The monoisotopic (exact) mass is 378 g/mol. The summed E-state index contributed by atoms with van der Waals surface area (Å²) in [7, 11) is 0. The van der Waals surface area contributed by atoms with Crippen molar-refractivity contribution >= 4 is 6.09 Å². The van der Waals surface area contributed by atoms with Gasteiger partial charge >= 0.3 is 6.09 Å².